The van der Waals surface area contributed by atoms with Gasteiger partial charge >= 0.3 is 6.09 Å². The van der Waals surface area contributed by atoms with Gasteiger partial charge in [0.2, 0.25) is 5.79 Å². The average molecular weight is 787 g/mol. The number of ether oxygens (including phenoxy) is 4. The van der Waals surface area contributed by atoms with Crippen LogP contribution in [0.25, 0.3) is 11.1 Å². The summed E-state index contributed by atoms with van der Waals surface area (Å²) in [7, 11) is 1.69. The Morgan fingerprint density at radius 3 is 2.41 bits per heavy atom. The van der Waals surface area contributed by atoms with E-state index in [9.17, 15) is 15.0 Å². The van der Waals surface area contributed by atoms with Crippen LogP contribution in [0.2, 0.25) is 0 Å². The van der Waals surface area contributed by atoms with E-state index < -0.39 is 23.8 Å². The van der Waals surface area contributed by atoms with E-state index >= 15 is 0 Å². The van der Waals surface area contributed by atoms with E-state index in [1.54, 1.807) is 18.0 Å². The number of benzene rings is 3. The van der Waals surface area contributed by atoms with Crippen molar-refractivity contribution in [1.29, 1.82) is 0 Å². The topological polar surface area (TPSA) is 119 Å². The van der Waals surface area contributed by atoms with Crippen LogP contribution in [0.15, 0.2) is 102 Å². The van der Waals surface area contributed by atoms with Gasteiger partial charge in [0, 0.05) is 38.2 Å². The lowest BCUT2D eigenvalue weighted by Crippen LogP contribution is -2.69. The highest BCUT2D eigenvalue weighted by Crippen LogP contribution is 2.62. The Labute approximate surface area is 335 Å². The van der Waals surface area contributed by atoms with Crippen LogP contribution in [0, 0.1) is 17.8 Å². The van der Waals surface area contributed by atoms with Crippen molar-refractivity contribution in [3.63, 3.8) is 0 Å². The van der Waals surface area contributed by atoms with E-state index in [0.29, 0.717) is 36.7 Å². The second-order valence-corrected chi connectivity index (χ2v) is 15.0. The lowest BCUT2D eigenvalue weighted by Gasteiger charge is -2.59. The molecule has 3 aromatic rings. The minimum atomic E-state index is -1.36. The SMILES string of the molecule is C=CCOC12Oc3ccc(Oc4ccc(-c5ccccc5)cc4)cc3C3C(CCCCO)C(CCCCO)C=C(C(=NOCC)CC1N(C)C(=O)OCCCl)C32. The minimum absolute atomic E-state index is 0.0545. The van der Waals surface area contributed by atoms with E-state index in [2.05, 4.69) is 48.1 Å². The summed E-state index contributed by atoms with van der Waals surface area (Å²) in [6.45, 7) is 6.68. The lowest BCUT2D eigenvalue weighted by atomic mass is 9.55. The van der Waals surface area contributed by atoms with Crippen LogP contribution in [-0.2, 0) is 14.3 Å². The highest BCUT2D eigenvalue weighted by atomic mass is 35.5. The number of unbranched alkanes of at least 4 members (excludes halogenated alkanes) is 2. The van der Waals surface area contributed by atoms with Crippen LogP contribution in [0.1, 0.15) is 63.4 Å². The number of fused-ring (bicyclic) bond motifs is 2. The first-order valence-corrected chi connectivity index (χ1v) is 20.4. The van der Waals surface area contributed by atoms with Crippen LogP contribution >= 0.6 is 11.6 Å². The van der Waals surface area contributed by atoms with Crippen LogP contribution in [0.3, 0.4) is 0 Å². The third kappa shape index (κ3) is 8.94. The Kier molecular flexibility index (Phi) is 14.5. The van der Waals surface area contributed by atoms with Gasteiger partial charge in [-0.2, -0.15) is 0 Å². The zero-order valence-corrected chi connectivity index (χ0v) is 33.2. The number of aliphatic hydroxyl groups is 2. The second-order valence-electron chi connectivity index (χ2n) is 14.6. The fourth-order valence-corrected chi connectivity index (χ4v) is 8.85. The molecule has 1 fully saturated rings. The minimum Gasteiger partial charge on any atom is -0.459 e. The molecule has 6 atom stereocenters. The molecule has 1 amide bonds. The number of hydrogen-bond donors (Lipinski definition) is 2. The molecule has 1 heterocycles. The molecule has 2 aliphatic carbocycles. The maximum atomic E-state index is 13.6. The number of carbonyl (C=O) groups is 1. The molecule has 0 radical (unpaired) electrons. The molecule has 300 valence electrons. The van der Waals surface area contributed by atoms with Crippen molar-refractivity contribution >= 4 is 23.4 Å². The van der Waals surface area contributed by atoms with Gasteiger partial charge in [-0.25, -0.2) is 4.79 Å². The van der Waals surface area contributed by atoms with Gasteiger partial charge in [0.05, 0.1) is 24.1 Å². The van der Waals surface area contributed by atoms with Gasteiger partial charge in [-0.05, 0) is 91.5 Å². The van der Waals surface area contributed by atoms with E-state index in [1.165, 1.54) is 0 Å². The molecule has 0 spiro atoms. The maximum absolute atomic E-state index is 13.6. The largest absolute Gasteiger partial charge is 0.459 e. The van der Waals surface area contributed by atoms with E-state index in [1.807, 2.05) is 49.4 Å². The number of oxime groups is 1. The molecule has 3 aliphatic rings. The number of amides is 1. The van der Waals surface area contributed by atoms with Gasteiger partial charge in [0.25, 0.3) is 0 Å². The zero-order chi connectivity index (χ0) is 39.5. The van der Waals surface area contributed by atoms with Crippen molar-refractivity contribution in [2.75, 3.05) is 46.0 Å². The number of hydrogen-bond acceptors (Lipinski definition) is 9. The van der Waals surface area contributed by atoms with Crippen LogP contribution < -0.4 is 9.47 Å². The van der Waals surface area contributed by atoms with Gasteiger partial charge in [-0.3, -0.25) is 0 Å². The number of rotatable bonds is 19. The third-order valence-electron chi connectivity index (χ3n) is 11.2. The average Bonchev–Trinajstić information content (AvgIpc) is 3.23. The summed E-state index contributed by atoms with van der Waals surface area (Å²) in [4.78, 5) is 20.9. The molecule has 10 nitrogen and oxygen atoms in total. The molecule has 0 bridgehead atoms. The van der Waals surface area contributed by atoms with Gasteiger partial charge in [0.15, 0.2) is 0 Å². The zero-order valence-electron chi connectivity index (χ0n) is 32.5. The molecule has 6 rings (SSSR count). The van der Waals surface area contributed by atoms with E-state index in [-0.39, 0.29) is 56.5 Å². The smallest absolute Gasteiger partial charge is 0.410 e. The quantitative estimate of drug-likeness (QED) is 0.0535. The highest BCUT2D eigenvalue weighted by Gasteiger charge is 2.65. The Bertz CT molecular complexity index is 1820. The summed E-state index contributed by atoms with van der Waals surface area (Å²) >= 11 is 5.93. The van der Waals surface area contributed by atoms with Crippen LogP contribution in [0.5, 0.6) is 17.2 Å². The molecule has 2 N–H and O–H groups in total. The summed E-state index contributed by atoms with van der Waals surface area (Å²) in [5, 5.41) is 24.3. The summed E-state index contributed by atoms with van der Waals surface area (Å²) in [6, 6.07) is 23.5. The predicted octanol–water partition coefficient (Wildman–Crippen LogP) is 9.11. The lowest BCUT2D eigenvalue weighted by molar-refractivity contribution is -0.253. The first kappa shape index (κ1) is 41.3. The number of carbonyl (C=O) groups excluding carboxylic acids is 1. The molecule has 3 aromatic carbocycles. The van der Waals surface area contributed by atoms with Crippen LogP contribution in [-0.4, -0.2) is 84.7 Å². The first-order chi connectivity index (χ1) is 27.4. The predicted molar refractivity (Wildman–Crippen MR) is 218 cm³/mol. The molecular formula is C45H55ClN2O8. The van der Waals surface area contributed by atoms with Crippen LogP contribution in [0.4, 0.5) is 4.79 Å². The van der Waals surface area contributed by atoms with E-state index in [4.69, 9.17) is 35.4 Å². The molecule has 0 saturated heterocycles. The second kappa shape index (κ2) is 19.7. The Morgan fingerprint density at radius 1 is 1.00 bits per heavy atom. The fourth-order valence-electron chi connectivity index (χ4n) is 8.77. The fraction of sp³-hybridized carbons (Fsp3) is 0.467. The molecule has 1 saturated carbocycles. The van der Waals surface area contributed by atoms with Crippen molar-refractivity contribution < 1.29 is 38.8 Å². The summed E-state index contributed by atoms with van der Waals surface area (Å²) in [5.41, 5.74) is 4.89. The van der Waals surface area contributed by atoms with Crippen molar-refractivity contribution in [2.24, 2.45) is 22.9 Å². The number of alkyl halides is 1. The maximum Gasteiger partial charge on any atom is 0.410 e. The Morgan fingerprint density at radius 2 is 1.71 bits per heavy atom. The van der Waals surface area contributed by atoms with Gasteiger partial charge in [0.1, 0.15) is 36.5 Å². The molecule has 1 aliphatic heterocycles. The standard InChI is InChI=1S/C45H55ClN2O8/c1-4-26-53-45-41(48(3)44(51)52-27-23-46)30-39(47-54-5-2)37-28-33(15-9-11-24-49)36(16-10-12-25-50)42(43(37)45)38-29-35(21-22-40(38)56-45)55-34-19-17-32(18-20-34)31-13-7-6-8-14-31/h4,6-8,13-14,17-22,28-29,33,36,41-43,49-50H,1,5,9-12,15-16,23-27,30H2,2-3H3. The van der Waals surface area contributed by atoms with Gasteiger partial charge in [-0.15, -0.1) is 18.2 Å². The number of allylic oxidation sites excluding steroid dienone is 1. The normalized spacial score (nSPS) is 24.3. The Balaban J connectivity index is 1.50. The van der Waals surface area contributed by atoms with Crippen molar-refractivity contribution in [2.45, 2.75) is 69.6 Å². The third-order valence-corrected chi connectivity index (χ3v) is 11.4. The molecule has 56 heavy (non-hydrogen) atoms. The van der Waals surface area contributed by atoms with Gasteiger partial charge in [-0.1, -0.05) is 72.6 Å². The number of likely N-dealkylation sites (N-methyl/N-ethyl adjacent to an activating group) is 1. The van der Waals surface area contributed by atoms with Gasteiger partial charge < -0.3 is 38.9 Å². The summed E-state index contributed by atoms with van der Waals surface area (Å²) in [5.74, 6) is 0.414. The van der Waals surface area contributed by atoms with E-state index in [0.717, 1.165) is 53.7 Å². The molecule has 11 heteroatoms. The molecule has 6 unspecified atom stereocenters. The molecular weight excluding hydrogens is 732 g/mol. The highest BCUT2D eigenvalue weighted by molar-refractivity contribution is 6.18. The number of halogens is 1. The monoisotopic (exact) mass is 786 g/mol. The van der Waals surface area contributed by atoms with Crippen molar-refractivity contribution in [1.82, 2.24) is 4.90 Å². The molecule has 0 aromatic heterocycles. The van der Waals surface area contributed by atoms with Crippen molar-refractivity contribution in [3.8, 4) is 28.4 Å². The van der Waals surface area contributed by atoms with Crippen molar-refractivity contribution in [3.05, 3.63) is 103 Å². The number of aliphatic hydroxyl groups excluding tert-OH is 2. The summed E-state index contributed by atoms with van der Waals surface area (Å²) in [6.07, 6.45) is 8.46. The first-order valence-electron chi connectivity index (χ1n) is 19.9. The Hall–Kier alpha value is -4.35. The summed E-state index contributed by atoms with van der Waals surface area (Å²) < 4.78 is 26.2. The number of nitrogens with zero attached hydrogens (tertiary/aromatic N) is 2.